The Bertz CT molecular complexity index is 272. The summed E-state index contributed by atoms with van der Waals surface area (Å²) in [7, 11) is 0. The minimum Gasteiger partial charge on any atom is -0.544 e. The summed E-state index contributed by atoms with van der Waals surface area (Å²) in [5.74, 6) is -1.08. The van der Waals surface area contributed by atoms with E-state index < -0.39 is 5.97 Å². The fraction of sp³-hybridized carbons (Fsp3) is 0.167. The number of carboxylic acid groups (broad SMARTS) is 1. The van der Waals surface area contributed by atoms with Gasteiger partial charge in [-0.1, -0.05) is 0 Å². The standard InChI is InChI=1S/C6H5IO2S.K/c1-3-2-10-5(4(3)7)6(8)9;/h2H,1H3,(H,8,9);/q;+1/p-1. The summed E-state index contributed by atoms with van der Waals surface area (Å²) in [5.41, 5.74) is 1.00. The van der Waals surface area contributed by atoms with Gasteiger partial charge in [-0.05, 0) is 40.5 Å². The molecule has 1 aromatic rings. The van der Waals surface area contributed by atoms with Gasteiger partial charge in [0.15, 0.2) is 0 Å². The van der Waals surface area contributed by atoms with Crippen LogP contribution in [0.25, 0.3) is 0 Å². The number of aryl methyl sites for hydroxylation is 1. The van der Waals surface area contributed by atoms with Crippen LogP contribution in [0.4, 0.5) is 0 Å². The SMILES string of the molecule is Cc1csc(C(=O)[O-])c1I.[K+]. The van der Waals surface area contributed by atoms with Crippen molar-refractivity contribution in [3.05, 3.63) is 19.4 Å². The van der Waals surface area contributed by atoms with Crippen LogP contribution in [0.15, 0.2) is 5.38 Å². The molecule has 0 aliphatic rings. The van der Waals surface area contributed by atoms with Crippen LogP contribution in [0, 0.1) is 10.5 Å². The average Bonchev–Trinajstić information content (AvgIpc) is 2.14. The van der Waals surface area contributed by atoms with E-state index >= 15 is 0 Å². The molecule has 0 aromatic carbocycles. The Hall–Kier alpha value is 1.54. The third-order valence-electron chi connectivity index (χ3n) is 1.08. The molecule has 1 aromatic heterocycles. The maximum atomic E-state index is 10.3. The molecule has 5 heteroatoms. The van der Waals surface area contributed by atoms with Crippen LogP contribution in [0.1, 0.15) is 15.2 Å². The van der Waals surface area contributed by atoms with Gasteiger partial charge in [0.25, 0.3) is 0 Å². The molecule has 1 heterocycles. The molecule has 0 atom stereocenters. The van der Waals surface area contributed by atoms with Crippen LogP contribution < -0.4 is 56.5 Å². The molecular weight excluding hydrogens is 302 g/mol. The van der Waals surface area contributed by atoms with Crippen molar-refractivity contribution in [2.45, 2.75) is 6.92 Å². The second-order valence-corrected chi connectivity index (χ2v) is 3.81. The van der Waals surface area contributed by atoms with Gasteiger partial charge in [-0.25, -0.2) is 0 Å². The summed E-state index contributed by atoms with van der Waals surface area (Å²) in [5, 5.41) is 12.1. The second kappa shape index (κ2) is 5.31. The summed E-state index contributed by atoms with van der Waals surface area (Å²) in [4.78, 5) is 10.7. The average molecular weight is 306 g/mol. The molecule has 0 unspecified atom stereocenters. The van der Waals surface area contributed by atoms with Gasteiger partial charge in [0.05, 0.1) is 10.8 Å². The Morgan fingerprint density at radius 2 is 2.27 bits per heavy atom. The molecule has 0 saturated heterocycles. The molecule has 0 amide bonds. The predicted molar refractivity (Wildman–Crippen MR) is 46.1 cm³/mol. The van der Waals surface area contributed by atoms with Gasteiger partial charge < -0.3 is 9.90 Å². The largest absolute Gasteiger partial charge is 1.00 e. The monoisotopic (exact) mass is 306 g/mol. The molecule has 11 heavy (non-hydrogen) atoms. The number of thiophene rings is 1. The van der Waals surface area contributed by atoms with Crippen molar-refractivity contribution in [3.8, 4) is 0 Å². The summed E-state index contributed by atoms with van der Waals surface area (Å²) >= 11 is 3.22. The Labute approximate surface area is 125 Å². The first-order valence-electron chi connectivity index (χ1n) is 2.58. The normalized spacial score (nSPS) is 8.91. The molecule has 54 valence electrons. The number of aromatic carboxylic acids is 1. The van der Waals surface area contributed by atoms with E-state index in [1.807, 2.05) is 34.9 Å². The number of hydrogen-bond acceptors (Lipinski definition) is 3. The summed E-state index contributed by atoms with van der Waals surface area (Å²) in [6.07, 6.45) is 0. The van der Waals surface area contributed by atoms with Crippen molar-refractivity contribution in [2.24, 2.45) is 0 Å². The quantitative estimate of drug-likeness (QED) is 0.446. The zero-order valence-electron chi connectivity index (χ0n) is 6.18. The van der Waals surface area contributed by atoms with Crippen molar-refractivity contribution >= 4 is 39.9 Å². The summed E-state index contributed by atoms with van der Waals surface area (Å²) < 4.78 is 0.794. The molecule has 1 rings (SSSR count). The van der Waals surface area contributed by atoms with E-state index in [2.05, 4.69) is 0 Å². The topological polar surface area (TPSA) is 40.1 Å². The number of carbonyl (C=O) groups excluding carboxylic acids is 1. The van der Waals surface area contributed by atoms with E-state index in [9.17, 15) is 9.90 Å². The first-order chi connectivity index (χ1) is 4.63. The van der Waals surface area contributed by atoms with Crippen LogP contribution in [-0.2, 0) is 0 Å². The third kappa shape index (κ3) is 3.05. The Balaban J connectivity index is 0.000001000. The molecular formula is C6H4IKO2S. The van der Waals surface area contributed by atoms with Crippen molar-refractivity contribution in [1.82, 2.24) is 0 Å². The number of carbonyl (C=O) groups is 1. The predicted octanol–water partition coefficient (Wildman–Crippen LogP) is -1.97. The van der Waals surface area contributed by atoms with Gasteiger partial charge in [-0.2, -0.15) is 0 Å². The van der Waals surface area contributed by atoms with Crippen molar-refractivity contribution in [2.75, 3.05) is 0 Å². The Morgan fingerprint density at radius 1 is 1.73 bits per heavy atom. The molecule has 0 bridgehead atoms. The van der Waals surface area contributed by atoms with Crippen LogP contribution >= 0.6 is 33.9 Å². The van der Waals surface area contributed by atoms with Crippen molar-refractivity contribution in [1.29, 1.82) is 0 Å². The van der Waals surface area contributed by atoms with Gasteiger partial charge in [-0.3, -0.25) is 0 Å². The number of halogens is 1. The first-order valence-corrected chi connectivity index (χ1v) is 4.53. The summed E-state index contributed by atoms with van der Waals surface area (Å²) in [6.45, 7) is 1.88. The Morgan fingerprint density at radius 3 is 2.45 bits per heavy atom. The minimum absolute atomic E-state index is 0. The first kappa shape index (κ1) is 12.5. The van der Waals surface area contributed by atoms with Gasteiger partial charge >= 0.3 is 51.4 Å². The van der Waals surface area contributed by atoms with Gasteiger partial charge in [0.2, 0.25) is 0 Å². The van der Waals surface area contributed by atoms with E-state index in [1.165, 1.54) is 11.3 Å². The Kier molecular flexibility index (Phi) is 6.05. The van der Waals surface area contributed by atoms with Crippen LogP contribution in [0.3, 0.4) is 0 Å². The molecule has 0 saturated carbocycles. The van der Waals surface area contributed by atoms with Gasteiger partial charge in [-0.15, -0.1) is 11.3 Å². The maximum Gasteiger partial charge on any atom is 1.00 e. The number of hydrogen-bond donors (Lipinski definition) is 0. The zero-order valence-corrected chi connectivity index (χ0v) is 12.3. The molecule has 0 radical (unpaired) electrons. The molecule has 2 nitrogen and oxygen atoms in total. The van der Waals surface area contributed by atoms with E-state index in [0.29, 0.717) is 4.88 Å². The van der Waals surface area contributed by atoms with Crippen LogP contribution in [0.5, 0.6) is 0 Å². The maximum absolute atomic E-state index is 10.3. The van der Waals surface area contributed by atoms with E-state index in [0.717, 1.165) is 9.13 Å². The van der Waals surface area contributed by atoms with Crippen molar-refractivity contribution in [3.63, 3.8) is 0 Å². The smallest absolute Gasteiger partial charge is 0.544 e. The van der Waals surface area contributed by atoms with Gasteiger partial charge in [0, 0.05) is 3.57 Å². The van der Waals surface area contributed by atoms with Crippen LogP contribution in [-0.4, -0.2) is 5.97 Å². The zero-order chi connectivity index (χ0) is 7.72. The van der Waals surface area contributed by atoms with E-state index in [-0.39, 0.29) is 51.4 Å². The fourth-order valence-electron chi connectivity index (χ4n) is 0.568. The van der Waals surface area contributed by atoms with E-state index in [1.54, 1.807) is 0 Å². The molecule has 0 aliphatic heterocycles. The molecule has 0 N–H and O–H groups in total. The van der Waals surface area contributed by atoms with Gasteiger partial charge in [0.1, 0.15) is 0 Å². The molecule has 0 spiro atoms. The van der Waals surface area contributed by atoms with E-state index in [4.69, 9.17) is 0 Å². The molecule has 0 aliphatic carbocycles. The fourth-order valence-corrected chi connectivity index (χ4v) is 2.31. The van der Waals surface area contributed by atoms with Crippen molar-refractivity contribution < 1.29 is 61.3 Å². The minimum atomic E-state index is -1.08. The third-order valence-corrected chi connectivity index (χ3v) is 3.92. The number of rotatable bonds is 1. The summed E-state index contributed by atoms with van der Waals surface area (Å²) in [6, 6.07) is 0. The number of carboxylic acids is 1. The molecule has 0 fully saturated rings. The van der Waals surface area contributed by atoms with Crippen LogP contribution in [0.2, 0.25) is 0 Å². The second-order valence-electron chi connectivity index (χ2n) is 1.85.